The maximum atomic E-state index is 12.6. The van der Waals surface area contributed by atoms with Crippen molar-refractivity contribution in [1.82, 2.24) is 19.6 Å². The fourth-order valence-corrected chi connectivity index (χ4v) is 3.33. The smallest absolute Gasteiger partial charge is 0.270 e. The second-order valence-corrected chi connectivity index (χ2v) is 7.08. The van der Waals surface area contributed by atoms with Crippen molar-refractivity contribution in [1.29, 1.82) is 0 Å². The van der Waals surface area contributed by atoms with Crippen molar-refractivity contribution in [3.05, 3.63) is 46.0 Å². The summed E-state index contributed by atoms with van der Waals surface area (Å²) < 4.78 is 6.83. The highest BCUT2D eigenvalue weighted by Gasteiger charge is 2.25. The molecule has 1 aliphatic rings. The first kappa shape index (κ1) is 18.5. The number of morpholine rings is 1. The van der Waals surface area contributed by atoms with Crippen LogP contribution in [0, 0.1) is 12.8 Å². The molecule has 0 spiro atoms. The number of carbonyl (C=O) groups excluding carboxylic acids is 1. The van der Waals surface area contributed by atoms with Gasteiger partial charge in [-0.2, -0.15) is 0 Å². The summed E-state index contributed by atoms with van der Waals surface area (Å²) in [6.45, 7) is 9.82. The zero-order valence-electron chi connectivity index (χ0n) is 15.6. The Bertz CT molecular complexity index is 840. The molecule has 1 unspecified atom stereocenters. The number of rotatable bonds is 5. The van der Waals surface area contributed by atoms with Crippen molar-refractivity contribution in [2.45, 2.75) is 26.8 Å². The van der Waals surface area contributed by atoms with E-state index in [1.165, 1.54) is 10.6 Å². The van der Waals surface area contributed by atoms with Gasteiger partial charge in [0.25, 0.3) is 11.5 Å². The first-order valence-electron chi connectivity index (χ1n) is 9.05. The van der Waals surface area contributed by atoms with E-state index < -0.39 is 0 Å². The molecule has 0 bridgehead atoms. The minimum absolute atomic E-state index is 0.0672. The minimum atomic E-state index is -0.377. The standard InChI is InChI=1S/C19H26N4O3/c1-13(2)16(22-6-8-26-9-7-22)11-21-18(24)15-10-20-17-5-4-14(3)12-23(17)19(15)25/h4-5,10,12-13,16H,6-9,11H2,1-3H3,(H,21,24). The molecule has 0 aliphatic carbocycles. The number of aromatic nitrogens is 2. The SMILES string of the molecule is Cc1ccc2ncc(C(=O)NCC(C(C)C)N3CCOCC3)c(=O)n2c1. The Kier molecular flexibility index (Phi) is 5.68. The van der Waals surface area contributed by atoms with Gasteiger partial charge in [-0.05, 0) is 24.5 Å². The highest BCUT2D eigenvalue weighted by molar-refractivity contribution is 5.93. The second kappa shape index (κ2) is 7.97. The molecule has 0 radical (unpaired) electrons. The molecule has 3 heterocycles. The fraction of sp³-hybridized carbons (Fsp3) is 0.526. The van der Waals surface area contributed by atoms with Gasteiger partial charge in [-0.25, -0.2) is 4.98 Å². The van der Waals surface area contributed by atoms with E-state index in [0.717, 1.165) is 18.7 Å². The molecule has 1 saturated heterocycles. The zero-order chi connectivity index (χ0) is 18.7. The molecule has 1 fully saturated rings. The van der Waals surface area contributed by atoms with Crippen molar-refractivity contribution in [3.8, 4) is 0 Å². The maximum Gasteiger partial charge on any atom is 0.270 e. The van der Waals surface area contributed by atoms with Gasteiger partial charge in [0, 0.05) is 38.1 Å². The third-order valence-corrected chi connectivity index (χ3v) is 4.85. The van der Waals surface area contributed by atoms with Crippen LogP contribution in [0.5, 0.6) is 0 Å². The lowest BCUT2D eigenvalue weighted by Crippen LogP contribution is -2.51. The van der Waals surface area contributed by atoms with E-state index in [0.29, 0.717) is 31.3 Å². The number of fused-ring (bicyclic) bond motifs is 1. The normalized spacial score (nSPS) is 16.8. The summed E-state index contributed by atoms with van der Waals surface area (Å²) in [6, 6.07) is 3.86. The second-order valence-electron chi connectivity index (χ2n) is 7.08. The van der Waals surface area contributed by atoms with E-state index in [2.05, 4.69) is 29.0 Å². The maximum absolute atomic E-state index is 12.6. The molecule has 1 aliphatic heterocycles. The molecule has 1 atom stereocenters. The topological polar surface area (TPSA) is 75.9 Å². The van der Waals surface area contributed by atoms with Gasteiger partial charge in [0.2, 0.25) is 0 Å². The molecule has 7 nitrogen and oxygen atoms in total. The average molecular weight is 358 g/mol. The van der Waals surface area contributed by atoms with Crippen LogP contribution in [-0.4, -0.2) is 59.1 Å². The molecule has 26 heavy (non-hydrogen) atoms. The molecule has 1 amide bonds. The number of hydrogen-bond donors (Lipinski definition) is 1. The molecule has 3 rings (SSSR count). The van der Waals surface area contributed by atoms with Crippen LogP contribution >= 0.6 is 0 Å². The van der Waals surface area contributed by atoms with Crippen LogP contribution in [0.25, 0.3) is 5.65 Å². The predicted octanol–water partition coefficient (Wildman–Crippen LogP) is 1.09. The number of nitrogens with one attached hydrogen (secondary N) is 1. The van der Waals surface area contributed by atoms with E-state index in [9.17, 15) is 9.59 Å². The van der Waals surface area contributed by atoms with E-state index in [-0.39, 0.29) is 23.1 Å². The van der Waals surface area contributed by atoms with Gasteiger partial charge in [0.1, 0.15) is 11.2 Å². The first-order chi connectivity index (χ1) is 12.5. The number of hydrogen-bond acceptors (Lipinski definition) is 5. The van der Waals surface area contributed by atoms with E-state index in [1.54, 1.807) is 12.3 Å². The monoisotopic (exact) mass is 358 g/mol. The summed E-state index contributed by atoms with van der Waals surface area (Å²) in [5, 5.41) is 2.92. The van der Waals surface area contributed by atoms with Crippen LogP contribution in [0.15, 0.2) is 29.3 Å². The van der Waals surface area contributed by atoms with Crippen LogP contribution in [0.4, 0.5) is 0 Å². The Balaban J connectivity index is 1.75. The Morgan fingerprint density at radius 3 is 2.73 bits per heavy atom. The Labute approximate surface area is 153 Å². The molecule has 2 aromatic rings. The van der Waals surface area contributed by atoms with Crippen LogP contribution in [0.2, 0.25) is 0 Å². The number of pyridine rings is 1. The third-order valence-electron chi connectivity index (χ3n) is 4.85. The van der Waals surface area contributed by atoms with Crippen LogP contribution in [-0.2, 0) is 4.74 Å². The molecule has 0 saturated carbocycles. The van der Waals surface area contributed by atoms with Gasteiger partial charge in [-0.3, -0.25) is 18.9 Å². The fourth-order valence-electron chi connectivity index (χ4n) is 3.33. The average Bonchev–Trinajstić information content (AvgIpc) is 2.63. The molecule has 2 aromatic heterocycles. The van der Waals surface area contributed by atoms with Crippen molar-refractivity contribution >= 4 is 11.6 Å². The summed E-state index contributed by atoms with van der Waals surface area (Å²) in [5.74, 6) is 0.00388. The first-order valence-corrected chi connectivity index (χ1v) is 9.05. The molecule has 7 heteroatoms. The minimum Gasteiger partial charge on any atom is -0.379 e. The van der Waals surface area contributed by atoms with E-state index in [4.69, 9.17) is 4.74 Å². The summed E-state index contributed by atoms with van der Waals surface area (Å²) in [4.78, 5) is 31.8. The van der Waals surface area contributed by atoms with Crippen molar-refractivity contribution in [2.75, 3.05) is 32.8 Å². The number of aryl methyl sites for hydroxylation is 1. The number of ether oxygens (including phenoxy) is 1. The van der Waals surface area contributed by atoms with Gasteiger partial charge in [-0.15, -0.1) is 0 Å². The quantitative estimate of drug-likeness (QED) is 0.866. The lowest BCUT2D eigenvalue weighted by molar-refractivity contribution is 0.00672. The molecule has 140 valence electrons. The van der Waals surface area contributed by atoms with Crippen molar-refractivity contribution < 1.29 is 9.53 Å². The molecular formula is C19H26N4O3. The largest absolute Gasteiger partial charge is 0.379 e. The van der Waals surface area contributed by atoms with Crippen molar-refractivity contribution in [2.24, 2.45) is 5.92 Å². The molecule has 0 aromatic carbocycles. The summed E-state index contributed by atoms with van der Waals surface area (Å²) in [5.41, 5.74) is 1.19. The highest BCUT2D eigenvalue weighted by Crippen LogP contribution is 2.12. The number of carbonyl (C=O) groups is 1. The van der Waals surface area contributed by atoms with Crippen LogP contribution in [0.3, 0.4) is 0 Å². The Morgan fingerprint density at radius 1 is 1.31 bits per heavy atom. The van der Waals surface area contributed by atoms with Gasteiger partial charge < -0.3 is 10.1 Å². The number of nitrogens with zero attached hydrogens (tertiary/aromatic N) is 3. The third kappa shape index (κ3) is 3.94. The summed E-state index contributed by atoms with van der Waals surface area (Å²) >= 11 is 0. The zero-order valence-corrected chi connectivity index (χ0v) is 15.6. The lowest BCUT2D eigenvalue weighted by Gasteiger charge is -2.36. The van der Waals surface area contributed by atoms with Crippen LogP contribution < -0.4 is 10.9 Å². The van der Waals surface area contributed by atoms with Crippen LogP contribution in [0.1, 0.15) is 29.8 Å². The van der Waals surface area contributed by atoms with E-state index in [1.807, 2.05) is 13.0 Å². The van der Waals surface area contributed by atoms with Gasteiger partial charge >= 0.3 is 0 Å². The van der Waals surface area contributed by atoms with Gasteiger partial charge in [0.15, 0.2) is 0 Å². The van der Waals surface area contributed by atoms with Gasteiger partial charge in [0.05, 0.1) is 13.2 Å². The summed E-state index contributed by atoms with van der Waals surface area (Å²) in [7, 11) is 0. The van der Waals surface area contributed by atoms with Gasteiger partial charge in [-0.1, -0.05) is 19.9 Å². The van der Waals surface area contributed by atoms with E-state index >= 15 is 0 Å². The Morgan fingerprint density at radius 2 is 2.04 bits per heavy atom. The van der Waals surface area contributed by atoms with Crippen molar-refractivity contribution in [3.63, 3.8) is 0 Å². The number of amides is 1. The molecular weight excluding hydrogens is 332 g/mol. The summed E-state index contributed by atoms with van der Waals surface area (Å²) in [6.07, 6.45) is 3.06. The highest BCUT2D eigenvalue weighted by atomic mass is 16.5. The lowest BCUT2D eigenvalue weighted by atomic mass is 10.0. The molecule has 1 N–H and O–H groups in total. The predicted molar refractivity (Wildman–Crippen MR) is 99.6 cm³/mol. The Hall–Kier alpha value is -2.25.